The minimum absolute atomic E-state index is 0.00990. The molecule has 1 aliphatic carbocycles. The van der Waals surface area contributed by atoms with Gasteiger partial charge in [-0.2, -0.15) is 0 Å². The van der Waals surface area contributed by atoms with Gasteiger partial charge in [-0.25, -0.2) is 0 Å². The molecule has 0 radical (unpaired) electrons. The second-order valence-corrected chi connectivity index (χ2v) is 10.5. The number of fused-ring (bicyclic) bond motifs is 1. The number of esters is 1. The first-order valence-electron chi connectivity index (χ1n) is 9.52. The number of rotatable bonds is 2. The minimum atomic E-state index is -0.451. The van der Waals surface area contributed by atoms with Gasteiger partial charge in [-0.15, -0.1) is 0 Å². The van der Waals surface area contributed by atoms with Crippen molar-refractivity contribution in [3.8, 4) is 10.7 Å². The van der Waals surface area contributed by atoms with E-state index in [1.807, 2.05) is 6.07 Å². The van der Waals surface area contributed by atoms with Gasteiger partial charge in [-0.1, -0.05) is 0 Å². The summed E-state index contributed by atoms with van der Waals surface area (Å²) in [7, 11) is 1.36. The van der Waals surface area contributed by atoms with E-state index in [0.29, 0.717) is 5.56 Å². The van der Waals surface area contributed by atoms with Crippen LogP contribution in [0, 0.1) is 17.7 Å². The Morgan fingerprint density at radius 3 is 2.61 bits per heavy atom. The van der Waals surface area contributed by atoms with Crippen LogP contribution in [0.5, 0.6) is 0 Å². The fourth-order valence-electron chi connectivity index (χ4n) is 3.85. The molecule has 0 N–H and O–H groups in total. The number of carbonyl (C=O) groups is 1. The molecule has 0 fully saturated rings. The van der Waals surface area contributed by atoms with Gasteiger partial charge in [-0.05, 0) is 0 Å². The van der Waals surface area contributed by atoms with Gasteiger partial charge in [0.15, 0.2) is 0 Å². The summed E-state index contributed by atoms with van der Waals surface area (Å²) in [6, 6.07) is 8.27. The van der Waals surface area contributed by atoms with Gasteiger partial charge in [0.05, 0.1) is 0 Å². The number of aromatic nitrogens is 1. The molecule has 3 rings (SSSR count). The van der Waals surface area contributed by atoms with E-state index in [-0.39, 0.29) is 31.5 Å². The number of nitrogens with zero attached hydrogens (tertiary/aromatic N) is 1. The van der Waals surface area contributed by atoms with E-state index >= 15 is 0 Å². The van der Waals surface area contributed by atoms with Crippen molar-refractivity contribution in [1.82, 2.24) is 4.98 Å². The van der Waals surface area contributed by atoms with Gasteiger partial charge in [0, 0.05) is 0 Å². The Balaban J connectivity index is 2.02. The van der Waals surface area contributed by atoms with Crippen LogP contribution in [0.3, 0.4) is 0 Å². The fraction of sp³-hybridized carbons (Fsp3) is 0.417. The summed E-state index contributed by atoms with van der Waals surface area (Å²) in [5.41, 5.74) is 5.49. The number of pyridine rings is 1. The van der Waals surface area contributed by atoms with Crippen molar-refractivity contribution in [3.05, 3.63) is 58.4 Å². The SMILES string of the molecule is COC(=O)c1ncccc1C#C[Se]c1cc(C)cc2c1C(C)(C)CCC2(C)C. The number of carbonyl (C=O) groups excluding carboxylic acids is 1. The van der Waals surface area contributed by atoms with Crippen LogP contribution in [0.2, 0.25) is 0 Å². The van der Waals surface area contributed by atoms with Gasteiger partial charge in [0.25, 0.3) is 0 Å². The molecule has 1 aliphatic rings. The Kier molecular flexibility index (Phi) is 5.71. The van der Waals surface area contributed by atoms with Crippen LogP contribution in [0.4, 0.5) is 0 Å². The number of methoxy groups -OCH3 is 1. The summed E-state index contributed by atoms with van der Waals surface area (Å²) in [6.45, 7) is 11.6. The standard InChI is InChI=1S/C24H27NO2Se/c1-16-14-18-20(24(4,5)11-10-23(18,2)3)19(15-16)28-13-9-17-8-7-12-25-21(17)22(26)27-6/h7-8,12,14-15H,10-11H2,1-6H3. The molecule has 1 heterocycles. The van der Waals surface area contributed by atoms with Crippen molar-refractivity contribution in [1.29, 1.82) is 0 Å². The van der Waals surface area contributed by atoms with E-state index < -0.39 is 5.97 Å². The average Bonchev–Trinajstić information content (AvgIpc) is 2.65. The molecule has 1 aromatic carbocycles. The second kappa shape index (κ2) is 7.74. The molecule has 146 valence electrons. The molecule has 0 atom stereocenters. The molecule has 0 bridgehead atoms. The first-order chi connectivity index (χ1) is 13.2. The molecular weight excluding hydrogens is 413 g/mol. The Hall–Kier alpha value is -2.08. The van der Waals surface area contributed by atoms with Crippen molar-refractivity contribution in [2.45, 2.75) is 58.3 Å². The first-order valence-corrected chi connectivity index (χ1v) is 11.2. The first kappa shape index (κ1) is 20.6. The third kappa shape index (κ3) is 4.02. The zero-order valence-electron chi connectivity index (χ0n) is 17.5. The second-order valence-electron chi connectivity index (χ2n) is 8.67. The van der Waals surface area contributed by atoms with Gasteiger partial charge in [0.1, 0.15) is 0 Å². The molecular formula is C24H27NO2Se. The van der Waals surface area contributed by atoms with E-state index in [2.05, 4.69) is 62.5 Å². The van der Waals surface area contributed by atoms with Gasteiger partial charge in [-0.3, -0.25) is 0 Å². The molecule has 4 heteroatoms. The zero-order chi connectivity index (χ0) is 20.5. The van der Waals surface area contributed by atoms with E-state index in [9.17, 15) is 4.79 Å². The van der Waals surface area contributed by atoms with Crippen LogP contribution < -0.4 is 4.46 Å². The topological polar surface area (TPSA) is 39.2 Å². The number of aryl methyl sites for hydroxylation is 1. The molecule has 2 aromatic rings. The summed E-state index contributed by atoms with van der Waals surface area (Å²) in [5.74, 6) is 2.72. The Bertz CT molecular complexity index is 980. The molecule has 0 aliphatic heterocycles. The predicted octanol–water partition coefficient (Wildman–Crippen LogP) is 3.86. The van der Waals surface area contributed by atoms with Crippen LogP contribution in [-0.4, -0.2) is 33.0 Å². The van der Waals surface area contributed by atoms with E-state index in [1.54, 1.807) is 12.3 Å². The third-order valence-electron chi connectivity index (χ3n) is 5.56. The van der Waals surface area contributed by atoms with Crippen LogP contribution in [0.1, 0.15) is 73.3 Å². The summed E-state index contributed by atoms with van der Waals surface area (Å²) >= 11 is -0.00990. The van der Waals surface area contributed by atoms with Crippen molar-refractivity contribution < 1.29 is 9.53 Å². The molecule has 28 heavy (non-hydrogen) atoms. The maximum absolute atomic E-state index is 11.9. The van der Waals surface area contributed by atoms with Crippen molar-refractivity contribution in [2.75, 3.05) is 7.11 Å². The van der Waals surface area contributed by atoms with Gasteiger partial charge < -0.3 is 0 Å². The zero-order valence-corrected chi connectivity index (χ0v) is 19.2. The number of benzene rings is 1. The predicted molar refractivity (Wildman–Crippen MR) is 114 cm³/mol. The summed E-state index contributed by atoms with van der Waals surface area (Å²) in [6.07, 6.45) is 3.97. The quantitative estimate of drug-likeness (QED) is 0.405. The molecule has 3 nitrogen and oxygen atoms in total. The average molecular weight is 440 g/mol. The third-order valence-corrected chi connectivity index (χ3v) is 7.13. The van der Waals surface area contributed by atoms with Gasteiger partial charge >= 0.3 is 174 Å². The summed E-state index contributed by atoms with van der Waals surface area (Å²) in [4.78, 5) is 19.4. The van der Waals surface area contributed by atoms with Gasteiger partial charge in [0.2, 0.25) is 0 Å². The molecule has 0 spiro atoms. The number of hydrogen-bond donors (Lipinski definition) is 0. The molecule has 0 saturated carbocycles. The summed E-state index contributed by atoms with van der Waals surface area (Å²) < 4.78 is 6.18. The van der Waals surface area contributed by atoms with Crippen LogP contribution in [0.15, 0.2) is 30.5 Å². The van der Waals surface area contributed by atoms with Crippen molar-refractivity contribution in [3.63, 3.8) is 0 Å². The monoisotopic (exact) mass is 441 g/mol. The van der Waals surface area contributed by atoms with E-state index in [4.69, 9.17) is 4.74 Å². The fourth-order valence-corrected chi connectivity index (χ4v) is 5.96. The van der Waals surface area contributed by atoms with E-state index in [1.165, 1.54) is 41.1 Å². The number of hydrogen-bond acceptors (Lipinski definition) is 3. The Morgan fingerprint density at radius 2 is 1.89 bits per heavy atom. The Morgan fingerprint density at radius 1 is 1.18 bits per heavy atom. The van der Waals surface area contributed by atoms with Crippen LogP contribution in [0.25, 0.3) is 0 Å². The molecule has 0 saturated heterocycles. The molecule has 0 unspecified atom stereocenters. The van der Waals surface area contributed by atoms with Crippen molar-refractivity contribution in [2.24, 2.45) is 0 Å². The normalized spacial score (nSPS) is 16.5. The van der Waals surface area contributed by atoms with Crippen molar-refractivity contribution >= 4 is 25.4 Å². The summed E-state index contributed by atoms with van der Waals surface area (Å²) in [5, 5.41) is 0. The van der Waals surface area contributed by atoms with Crippen LogP contribution >= 0.6 is 0 Å². The molecule has 0 amide bonds. The molecule has 1 aromatic heterocycles. The maximum atomic E-state index is 11.9. The number of ether oxygens (including phenoxy) is 1. The van der Waals surface area contributed by atoms with Crippen LogP contribution in [-0.2, 0) is 15.6 Å². The Labute approximate surface area is 174 Å². The van der Waals surface area contributed by atoms with E-state index in [0.717, 1.165) is 0 Å².